The van der Waals surface area contributed by atoms with Gasteiger partial charge in [0, 0.05) is 33.2 Å². The molecule has 0 saturated carbocycles. The number of alkyl halides is 3. The first-order valence-corrected chi connectivity index (χ1v) is 8.14. The third kappa shape index (κ3) is 9.47. The standard InChI is InChI=1S/C15H27F3N4O2.HI/c1-4-24-13(23)12-6-5-8-22(10-12)14(19-2)20-7-9-21(3)11-15(16,17)18;/h12H,4-11H2,1-3H3,(H,19,20);1H/t12-;/m1./s1. The molecular weight excluding hydrogens is 452 g/mol. The highest BCUT2D eigenvalue weighted by atomic mass is 127. The third-order valence-electron chi connectivity index (χ3n) is 3.78. The first-order valence-electron chi connectivity index (χ1n) is 8.14. The number of likely N-dealkylation sites (N-methyl/N-ethyl adjacent to an activating group) is 1. The van der Waals surface area contributed by atoms with Gasteiger partial charge in [0.15, 0.2) is 5.96 Å². The minimum atomic E-state index is -4.20. The van der Waals surface area contributed by atoms with Crippen LogP contribution >= 0.6 is 24.0 Å². The predicted octanol–water partition coefficient (Wildman–Crippen LogP) is 1.95. The number of carbonyl (C=O) groups is 1. The number of rotatable bonds is 6. The van der Waals surface area contributed by atoms with Crippen LogP contribution in [0.2, 0.25) is 0 Å². The molecule has 6 nitrogen and oxygen atoms in total. The fourth-order valence-corrected chi connectivity index (χ4v) is 2.70. The van der Waals surface area contributed by atoms with Crippen molar-refractivity contribution in [2.24, 2.45) is 10.9 Å². The summed E-state index contributed by atoms with van der Waals surface area (Å²) in [5.41, 5.74) is 0. The van der Waals surface area contributed by atoms with Gasteiger partial charge in [0.25, 0.3) is 0 Å². The van der Waals surface area contributed by atoms with Crippen molar-refractivity contribution in [3.05, 3.63) is 0 Å². The van der Waals surface area contributed by atoms with Gasteiger partial charge in [0.05, 0.1) is 19.1 Å². The summed E-state index contributed by atoms with van der Waals surface area (Å²) in [7, 11) is 3.05. The summed E-state index contributed by atoms with van der Waals surface area (Å²) in [4.78, 5) is 19.2. The Kier molecular flexibility index (Phi) is 11.4. The van der Waals surface area contributed by atoms with Gasteiger partial charge in [-0.25, -0.2) is 0 Å². The molecule has 0 unspecified atom stereocenters. The Balaban J connectivity index is 0.00000576. The van der Waals surface area contributed by atoms with Crippen LogP contribution in [-0.4, -0.2) is 81.3 Å². The monoisotopic (exact) mass is 480 g/mol. The molecule has 25 heavy (non-hydrogen) atoms. The molecule has 1 rings (SSSR count). The molecule has 1 aliphatic rings. The number of piperidine rings is 1. The number of hydrogen-bond donors (Lipinski definition) is 1. The van der Waals surface area contributed by atoms with E-state index >= 15 is 0 Å². The van der Waals surface area contributed by atoms with Gasteiger partial charge >= 0.3 is 12.1 Å². The minimum absolute atomic E-state index is 0. The SMILES string of the molecule is CCOC(=O)[C@@H]1CCCN(C(=NC)NCCN(C)CC(F)(F)F)C1.I. The zero-order valence-electron chi connectivity index (χ0n) is 14.9. The van der Waals surface area contributed by atoms with Gasteiger partial charge in [0.1, 0.15) is 0 Å². The Hall–Kier alpha value is -0.780. The quantitative estimate of drug-likeness (QED) is 0.273. The maximum atomic E-state index is 12.3. The highest BCUT2D eigenvalue weighted by molar-refractivity contribution is 14.0. The molecule has 148 valence electrons. The van der Waals surface area contributed by atoms with E-state index in [0.29, 0.717) is 25.7 Å². The van der Waals surface area contributed by atoms with Crippen LogP contribution in [0.15, 0.2) is 4.99 Å². The highest BCUT2D eigenvalue weighted by Gasteiger charge is 2.30. The number of likely N-dealkylation sites (tertiary alicyclic amines) is 1. The number of nitrogens with zero attached hydrogens (tertiary/aromatic N) is 3. The van der Waals surface area contributed by atoms with E-state index in [4.69, 9.17) is 4.74 Å². The van der Waals surface area contributed by atoms with Crippen LogP contribution in [0.1, 0.15) is 19.8 Å². The maximum Gasteiger partial charge on any atom is 0.401 e. The van der Waals surface area contributed by atoms with E-state index in [1.807, 2.05) is 4.90 Å². The molecule has 0 spiro atoms. The summed E-state index contributed by atoms with van der Waals surface area (Å²) in [6.45, 7) is 3.05. The van der Waals surface area contributed by atoms with Gasteiger partial charge in [-0.05, 0) is 26.8 Å². The summed E-state index contributed by atoms with van der Waals surface area (Å²) in [5.74, 6) is 0.206. The molecule has 0 radical (unpaired) electrons. The molecule has 1 fully saturated rings. The number of hydrogen-bond acceptors (Lipinski definition) is 4. The Morgan fingerprint density at radius 3 is 2.68 bits per heavy atom. The second kappa shape index (κ2) is 11.8. The van der Waals surface area contributed by atoms with Crippen molar-refractivity contribution in [1.82, 2.24) is 15.1 Å². The van der Waals surface area contributed by atoms with Crippen molar-refractivity contribution in [2.75, 3.05) is 53.4 Å². The lowest BCUT2D eigenvalue weighted by atomic mass is 9.98. The Morgan fingerprint density at radius 1 is 1.44 bits per heavy atom. The van der Waals surface area contributed by atoms with Crippen molar-refractivity contribution in [2.45, 2.75) is 25.9 Å². The molecule has 0 aromatic rings. The van der Waals surface area contributed by atoms with Crippen molar-refractivity contribution in [1.29, 1.82) is 0 Å². The fraction of sp³-hybridized carbons (Fsp3) is 0.867. The minimum Gasteiger partial charge on any atom is -0.466 e. The van der Waals surface area contributed by atoms with E-state index in [1.165, 1.54) is 11.9 Å². The topological polar surface area (TPSA) is 57.2 Å². The molecule has 1 heterocycles. The molecule has 0 aromatic heterocycles. The first kappa shape index (κ1) is 24.2. The number of esters is 1. The highest BCUT2D eigenvalue weighted by Crippen LogP contribution is 2.18. The summed E-state index contributed by atoms with van der Waals surface area (Å²) in [6, 6.07) is 0. The van der Waals surface area contributed by atoms with Crippen molar-refractivity contribution < 1.29 is 22.7 Å². The lowest BCUT2D eigenvalue weighted by Gasteiger charge is -2.34. The fourth-order valence-electron chi connectivity index (χ4n) is 2.70. The number of ether oxygens (including phenoxy) is 1. The van der Waals surface area contributed by atoms with Crippen molar-refractivity contribution in [3.63, 3.8) is 0 Å². The molecule has 0 aromatic carbocycles. The number of nitrogens with one attached hydrogen (secondary N) is 1. The first-order chi connectivity index (χ1) is 11.3. The summed E-state index contributed by atoms with van der Waals surface area (Å²) >= 11 is 0. The lowest BCUT2D eigenvalue weighted by molar-refractivity contribution is -0.149. The predicted molar refractivity (Wildman–Crippen MR) is 101 cm³/mol. The van der Waals surface area contributed by atoms with E-state index in [9.17, 15) is 18.0 Å². The van der Waals surface area contributed by atoms with E-state index in [1.54, 1.807) is 14.0 Å². The van der Waals surface area contributed by atoms with E-state index in [2.05, 4.69) is 10.3 Å². The Labute approximate surface area is 164 Å². The van der Waals surface area contributed by atoms with E-state index in [0.717, 1.165) is 19.4 Å². The summed E-state index contributed by atoms with van der Waals surface area (Å²) in [6.07, 6.45) is -2.57. The molecule has 10 heteroatoms. The molecule has 1 N–H and O–H groups in total. The number of carbonyl (C=O) groups excluding carboxylic acids is 1. The van der Waals surface area contributed by atoms with Crippen molar-refractivity contribution in [3.8, 4) is 0 Å². The van der Waals surface area contributed by atoms with Crippen LogP contribution in [0.25, 0.3) is 0 Å². The summed E-state index contributed by atoms with van der Waals surface area (Å²) in [5, 5.41) is 3.06. The van der Waals surface area contributed by atoms with Crippen LogP contribution in [0.5, 0.6) is 0 Å². The van der Waals surface area contributed by atoms with Crippen LogP contribution < -0.4 is 5.32 Å². The average molecular weight is 480 g/mol. The maximum absolute atomic E-state index is 12.3. The average Bonchev–Trinajstić information content (AvgIpc) is 2.50. The number of halogens is 4. The Bertz CT molecular complexity index is 435. The van der Waals surface area contributed by atoms with Crippen molar-refractivity contribution >= 4 is 35.9 Å². The van der Waals surface area contributed by atoms with Gasteiger partial charge < -0.3 is 15.0 Å². The second-order valence-electron chi connectivity index (χ2n) is 5.86. The molecule has 1 aliphatic heterocycles. The molecule has 1 saturated heterocycles. The molecule has 1 atom stereocenters. The van der Waals surface area contributed by atoms with Gasteiger partial charge in [-0.3, -0.25) is 14.7 Å². The van der Waals surface area contributed by atoms with Gasteiger partial charge in [-0.2, -0.15) is 13.2 Å². The van der Waals surface area contributed by atoms with Crippen LogP contribution in [0.3, 0.4) is 0 Å². The van der Waals surface area contributed by atoms with Crippen LogP contribution in [0, 0.1) is 5.92 Å². The zero-order valence-corrected chi connectivity index (χ0v) is 17.3. The van der Waals surface area contributed by atoms with Gasteiger partial charge in [-0.1, -0.05) is 0 Å². The summed E-state index contributed by atoms with van der Waals surface area (Å²) < 4.78 is 41.9. The largest absolute Gasteiger partial charge is 0.466 e. The van der Waals surface area contributed by atoms with Gasteiger partial charge in [-0.15, -0.1) is 24.0 Å². The van der Waals surface area contributed by atoms with Gasteiger partial charge in [0.2, 0.25) is 0 Å². The van der Waals surface area contributed by atoms with E-state index in [-0.39, 0.29) is 42.4 Å². The normalized spacial score (nSPS) is 18.8. The molecular formula is C15H28F3IN4O2. The number of guanidine groups is 1. The van der Waals surface area contributed by atoms with Crippen LogP contribution in [0.4, 0.5) is 13.2 Å². The molecule has 0 aliphatic carbocycles. The smallest absolute Gasteiger partial charge is 0.401 e. The zero-order chi connectivity index (χ0) is 18.2. The second-order valence-corrected chi connectivity index (χ2v) is 5.86. The molecule has 0 amide bonds. The van der Waals surface area contributed by atoms with E-state index < -0.39 is 12.7 Å². The lowest BCUT2D eigenvalue weighted by Crippen LogP contribution is -2.49. The number of aliphatic imine (C=N–C) groups is 1. The third-order valence-corrected chi connectivity index (χ3v) is 3.78. The Morgan fingerprint density at radius 2 is 2.12 bits per heavy atom. The molecule has 0 bridgehead atoms. The van der Waals surface area contributed by atoms with Crippen LogP contribution in [-0.2, 0) is 9.53 Å².